The van der Waals surface area contributed by atoms with Gasteiger partial charge >= 0.3 is 23.9 Å². The number of ether oxygens (including phenoxy) is 4. The molecule has 0 heterocycles. The monoisotopic (exact) mass is 598 g/mol. The van der Waals surface area contributed by atoms with Crippen LogP contribution >= 0.6 is 0 Å². The van der Waals surface area contributed by atoms with Crippen LogP contribution in [0, 0.1) is 5.92 Å². The van der Waals surface area contributed by atoms with Crippen LogP contribution in [0.5, 0.6) is 0 Å². The molecule has 2 N–H and O–H groups in total. The largest absolute Gasteiger partial charge is 0.462 e. The van der Waals surface area contributed by atoms with Gasteiger partial charge < -0.3 is 29.2 Å². The number of hydrogen-bond donors (Lipinski definition) is 2. The number of benzene rings is 2. The fourth-order valence-corrected chi connectivity index (χ4v) is 4.68. The lowest BCUT2D eigenvalue weighted by atomic mass is 9.96. The van der Waals surface area contributed by atoms with Crippen LogP contribution in [-0.4, -0.2) is 71.7 Å². The molecule has 234 valence electrons. The van der Waals surface area contributed by atoms with E-state index >= 15 is 0 Å². The number of rotatable bonds is 17. The maximum atomic E-state index is 12.8. The van der Waals surface area contributed by atoms with Gasteiger partial charge in [0.05, 0.1) is 47.7 Å². The van der Waals surface area contributed by atoms with Crippen molar-refractivity contribution in [1.82, 2.24) is 0 Å². The number of aliphatic hydroxyl groups is 2. The Bertz CT molecular complexity index is 1230. The van der Waals surface area contributed by atoms with Crippen molar-refractivity contribution in [2.45, 2.75) is 76.9 Å². The van der Waals surface area contributed by atoms with E-state index in [9.17, 15) is 24.3 Å². The van der Waals surface area contributed by atoms with Crippen LogP contribution in [0.1, 0.15) is 107 Å². The average Bonchev–Trinajstić information content (AvgIpc) is 3.79. The van der Waals surface area contributed by atoms with Crippen molar-refractivity contribution >= 4 is 23.9 Å². The van der Waals surface area contributed by atoms with Crippen molar-refractivity contribution in [3.05, 3.63) is 70.8 Å². The molecule has 0 spiro atoms. The SMILES string of the molecule is CCCC(C)(CCOC(=O)c1ccc(C(=O)OCCC(C)(O)CC2CC2)cc1)OC(=O)c1ccc(C(=O)OCCO)cc1. The topological polar surface area (TPSA) is 146 Å². The molecule has 1 aliphatic rings. The summed E-state index contributed by atoms with van der Waals surface area (Å²) in [4.78, 5) is 49.7. The molecule has 0 amide bonds. The van der Waals surface area contributed by atoms with Crippen molar-refractivity contribution in [2.75, 3.05) is 26.4 Å². The normalized spacial score (nSPS) is 15.5. The lowest BCUT2D eigenvalue weighted by Crippen LogP contribution is -2.33. The van der Waals surface area contributed by atoms with Gasteiger partial charge in [0, 0.05) is 12.8 Å². The Hall–Kier alpha value is -3.76. The smallest absolute Gasteiger partial charge is 0.338 e. The van der Waals surface area contributed by atoms with Gasteiger partial charge in [0.25, 0.3) is 0 Å². The predicted octanol–water partition coefficient (Wildman–Crippen LogP) is 4.90. The first-order valence-electron chi connectivity index (χ1n) is 14.7. The van der Waals surface area contributed by atoms with E-state index in [1.165, 1.54) is 48.5 Å². The van der Waals surface area contributed by atoms with E-state index in [1.54, 1.807) is 13.8 Å². The molecular formula is C33H42O10. The van der Waals surface area contributed by atoms with Gasteiger partial charge in [-0.1, -0.05) is 26.2 Å². The van der Waals surface area contributed by atoms with Crippen LogP contribution in [0.4, 0.5) is 0 Å². The molecule has 0 bridgehead atoms. The molecule has 0 saturated heterocycles. The third kappa shape index (κ3) is 11.1. The zero-order valence-corrected chi connectivity index (χ0v) is 25.1. The lowest BCUT2D eigenvalue weighted by Gasteiger charge is -2.29. The van der Waals surface area contributed by atoms with Crippen LogP contribution in [0.15, 0.2) is 48.5 Å². The summed E-state index contributed by atoms with van der Waals surface area (Å²) >= 11 is 0. The van der Waals surface area contributed by atoms with E-state index < -0.39 is 35.1 Å². The second kappa shape index (κ2) is 15.6. The van der Waals surface area contributed by atoms with Crippen molar-refractivity contribution in [3.63, 3.8) is 0 Å². The summed E-state index contributed by atoms with van der Waals surface area (Å²) in [6, 6.07) is 11.8. The zero-order chi connectivity index (χ0) is 31.5. The highest BCUT2D eigenvalue weighted by Gasteiger charge is 2.32. The Morgan fingerprint density at radius 3 is 1.53 bits per heavy atom. The Labute approximate surface area is 252 Å². The standard InChI is InChI=1S/C33H42O10/c1-4-15-33(3,43-31(38)27-13-11-26(12-14-27)30(37)42-21-18-34)17-20-41-29(36)25-9-7-24(8-10-25)28(35)40-19-16-32(2,39)22-23-5-6-23/h7-14,23,34,39H,4-6,15-22H2,1-3H3. The van der Waals surface area contributed by atoms with E-state index in [1.807, 2.05) is 6.92 Å². The Kier molecular flexibility index (Phi) is 12.3. The van der Waals surface area contributed by atoms with E-state index in [2.05, 4.69) is 0 Å². The van der Waals surface area contributed by atoms with Crippen LogP contribution < -0.4 is 0 Å². The van der Waals surface area contributed by atoms with Gasteiger partial charge in [0.1, 0.15) is 12.2 Å². The summed E-state index contributed by atoms with van der Waals surface area (Å²) in [5.41, 5.74) is -0.717. The molecule has 10 nitrogen and oxygen atoms in total. The molecule has 0 radical (unpaired) electrons. The third-order valence-corrected chi connectivity index (χ3v) is 7.32. The van der Waals surface area contributed by atoms with Gasteiger partial charge in [-0.2, -0.15) is 0 Å². The molecule has 1 saturated carbocycles. The fraction of sp³-hybridized carbons (Fsp3) is 0.515. The molecule has 1 fully saturated rings. The molecule has 2 atom stereocenters. The Morgan fingerprint density at radius 1 is 0.698 bits per heavy atom. The first kappa shape index (κ1) is 33.7. The first-order chi connectivity index (χ1) is 20.4. The summed E-state index contributed by atoms with van der Waals surface area (Å²) in [5, 5.41) is 19.2. The van der Waals surface area contributed by atoms with E-state index in [4.69, 9.17) is 24.1 Å². The first-order valence-corrected chi connectivity index (χ1v) is 14.7. The predicted molar refractivity (Wildman–Crippen MR) is 157 cm³/mol. The number of carbonyl (C=O) groups is 4. The third-order valence-electron chi connectivity index (χ3n) is 7.32. The minimum Gasteiger partial charge on any atom is -0.462 e. The Morgan fingerprint density at radius 2 is 1.12 bits per heavy atom. The number of carbonyl (C=O) groups excluding carboxylic acids is 4. The highest BCUT2D eigenvalue weighted by Crippen LogP contribution is 2.37. The van der Waals surface area contributed by atoms with Gasteiger partial charge in [-0.25, -0.2) is 19.2 Å². The maximum absolute atomic E-state index is 12.8. The van der Waals surface area contributed by atoms with Crippen molar-refractivity contribution in [1.29, 1.82) is 0 Å². The molecular weight excluding hydrogens is 556 g/mol. The summed E-state index contributed by atoms with van der Waals surface area (Å²) in [7, 11) is 0. The van der Waals surface area contributed by atoms with Crippen LogP contribution in [-0.2, 0) is 18.9 Å². The highest BCUT2D eigenvalue weighted by atomic mass is 16.6. The van der Waals surface area contributed by atoms with Gasteiger partial charge in [-0.15, -0.1) is 0 Å². The average molecular weight is 599 g/mol. The summed E-state index contributed by atoms with van der Waals surface area (Å²) in [5.74, 6) is -1.73. The molecule has 0 aromatic heterocycles. The summed E-state index contributed by atoms with van der Waals surface area (Å²) < 4.78 is 21.4. The minimum atomic E-state index is -0.901. The molecule has 1 aliphatic carbocycles. The summed E-state index contributed by atoms with van der Waals surface area (Å²) in [6.45, 7) is 5.20. The Balaban J connectivity index is 1.46. The highest BCUT2D eigenvalue weighted by molar-refractivity contribution is 5.94. The molecule has 2 aromatic carbocycles. The fourth-order valence-electron chi connectivity index (χ4n) is 4.68. The number of aliphatic hydroxyl groups excluding tert-OH is 1. The molecule has 2 unspecified atom stereocenters. The quantitative estimate of drug-likeness (QED) is 0.191. The number of hydrogen-bond acceptors (Lipinski definition) is 10. The molecule has 10 heteroatoms. The number of esters is 4. The van der Waals surface area contributed by atoms with Crippen LogP contribution in [0.2, 0.25) is 0 Å². The van der Waals surface area contributed by atoms with E-state index in [-0.39, 0.29) is 55.1 Å². The maximum Gasteiger partial charge on any atom is 0.338 e. The van der Waals surface area contributed by atoms with Crippen molar-refractivity contribution in [2.24, 2.45) is 5.92 Å². The molecule has 3 rings (SSSR count). The van der Waals surface area contributed by atoms with Gasteiger partial charge in [0.2, 0.25) is 0 Å². The van der Waals surface area contributed by atoms with Crippen LogP contribution in [0.3, 0.4) is 0 Å². The van der Waals surface area contributed by atoms with Crippen molar-refractivity contribution < 1.29 is 48.3 Å². The van der Waals surface area contributed by atoms with E-state index in [0.29, 0.717) is 25.2 Å². The van der Waals surface area contributed by atoms with Crippen molar-refractivity contribution in [3.8, 4) is 0 Å². The second-order valence-corrected chi connectivity index (χ2v) is 11.5. The summed E-state index contributed by atoms with van der Waals surface area (Å²) in [6.07, 6.45) is 4.88. The zero-order valence-electron chi connectivity index (χ0n) is 25.1. The molecule has 0 aliphatic heterocycles. The van der Waals surface area contributed by atoms with Gasteiger partial charge in [0.15, 0.2) is 0 Å². The van der Waals surface area contributed by atoms with Gasteiger partial charge in [-0.3, -0.25) is 0 Å². The van der Waals surface area contributed by atoms with Crippen LogP contribution in [0.25, 0.3) is 0 Å². The second-order valence-electron chi connectivity index (χ2n) is 11.5. The van der Waals surface area contributed by atoms with Gasteiger partial charge in [-0.05, 0) is 81.1 Å². The lowest BCUT2D eigenvalue weighted by molar-refractivity contribution is -0.0276. The molecule has 2 aromatic rings. The molecule has 43 heavy (non-hydrogen) atoms. The minimum absolute atomic E-state index is 0.00280. The van der Waals surface area contributed by atoms with E-state index in [0.717, 1.165) is 19.3 Å².